The number of nitrogens with zero attached hydrogens (tertiary/aromatic N) is 2. The predicted molar refractivity (Wildman–Crippen MR) is 113 cm³/mol. The molecule has 2 unspecified atom stereocenters. The summed E-state index contributed by atoms with van der Waals surface area (Å²) in [5.41, 5.74) is 2.38. The SMILES string of the molecule is COc1ccc2oc(C(=O)Nc3nc(CN4CC(C)OC(C)C4)cs3)c(C)c2c1. The van der Waals surface area contributed by atoms with E-state index in [4.69, 9.17) is 13.9 Å². The summed E-state index contributed by atoms with van der Waals surface area (Å²) < 4.78 is 16.8. The number of ether oxygens (including phenoxy) is 2. The number of carbonyl (C=O) groups excluding carboxylic acids is 1. The monoisotopic (exact) mass is 415 g/mol. The topological polar surface area (TPSA) is 76.8 Å². The average molecular weight is 416 g/mol. The van der Waals surface area contributed by atoms with Gasteiger partial charge in [-0.05, 0) is 39.0 Å². The maximum atomic E-state index is 12.7. The molecule has 1 fully saturated rings. The Hall–Kier alpha value is -2.42. The number of nitrogens with one attached hydrogen (secondary N) is 1. The number of rotatable bonds is 5. The van der Waals surface area contributed by atoms with Crippen LogP contribution in [-0.2, 0) is 11.3 Å². The highest BCUT2D eigenvalue weighted by atomic mass is 32.1. The molecular weight excluding hydrogens is 390 g/mol. The first-order chi connectivity index (χ1) is 13.9. The summed E-state index contributed by atoms with van der Waals surface area (Å²) >= 11 is 1.42. The van der Waals surface area contributed by atoms with Crippen LogP contribution in [0, 0.1) is 6.92 Å². The van der Waals surface area contributed by atoms with Crippen molar-refractivity contribution < 1.29 is 18.7 Å². The highest BCUT2D eigenvalue weighted by molar-refractivity contribution is 7.13. The minimum atomic E-state index is -0.299. The molecule has 1 aliphatic rings. The largest absolute Gasteiger partial charge is 0.497 e. The van der Waals surface area contributed by atoms with Gasteiger partial charge in [0, 0.05) is 36.0 Å². The summed E-state index contributed by atoms with van der Waals surface area (Å²) in [6.07, 6.45) is 0.428. The molecule has 2 atom stereocenters. The van der Waals surface area contributed by atoms with Crippen molar-refractivity contribution in [1.82, 2.24) is 9.88 Å². The normalized spacial score (nSPS) is 20.1. The van der Waals surface area contributed by atoms with Gasteiger partial charge in [-0.3, -0.25) is 15.0 Å². The summed E-state index contributed by atoms with van der Waals surface area (Å²) in [5, 5.41) is 6.28. The molecule has 3 heterocycles. The lowest BCUT2D eigenvalue weighted by molar-refractivity contribution is -0.0707. The lowest BCUT2D eigenvalue weighted by Crippen LogP contribution is -2.44. The lowest BCUT2D eigenvalue weighted by Gasteiger charge is -2.34. The van der Waals surface area contributed by atoms with E-state index < -0.39 is 0 Å². The quantitative estimate of drug-likeness (QED) is 0.677. The molecule has 0 spiro atoms. The van der Waals surface area contributed by atoms with Crippen molar-refractivity contribution in [2.45, 2.75) is 39.5 Å². The minimum absolute atomic E-state index is 0.214. The summed E-state index contributed by atoms with van der Waals surface area (Å²) in [5.74, 6) is 0.720. The van der Waals surface area contributed by atoms with E-state index in [-0.39, 0.29) is 18.1 Å². The van der Waals surface area contributed by atoms with Crippen LogP contribution in [0.25, 0.3) is 11.0 Å². The van der Waals surface area contributed by atoms with Crippen molar-refractivity contribution in [3.8, 4) is 5.75 Å². The van der Waals surface area contributed by atoms with Gasteiger partial charge in [-0.1, -0.05) is 0 Å². The van der Waals surface area contributed by atoms with E-state index in [0.29, 0.717) is 16.5 Å². The Balaban J connectivity index is 1.45. The molecule has 7 nitrogen and oxygen atoms in total. The van der Waals surface area contributed by atoms with E-state index in [1.165, 1.54) is 11.3 Å². The van der Waals surface area contributed by atoms with Crippen LogP contribution in [0.4, 0.5) is 5.13 Å². The molecule has 3 aromatic rings. The summed E-state index contributed by atoms with van der Waals surface area (Å²) in [7, 11) is 1.61. The zero-order valence-electron chi connectivity index (χ0n) is 17.0. The van der Waals surface area contributed by atoms with E-state index in [2.05, 4.69) is 29.0 Å². The zero-order valence-corrected chi connectivity index (χ0v) is 17.8. The molecule has 29 heavy (non-hydrogen) atoms. The highest BCUT2D eigenvalue weighted by Gasteiger charge is 2.23. The lowest BCUT2D eigenvalue weighted by atomic mass is 10.1. The fourth-order valence-electron chi connectivity index (χ4n) is 3.78. The smallest absolute Gasteiger partial charge is 0.293 e. The van der Waals surface area contributed by atoms with E-state index in [0.717, 1.165) is 42.0 Å². The summed E-state index contributed by atoms with van der Waals surface area (Å²) in [4.78, 5) is 19.7. The van der Waals surface area contributed by atoms with Gasteiger partial charge in [0.05, 0.1) is 25.0 Å². The third-order valence-corrected chi connectivity index (χ3v) is 5.81. The van der Waals surface area contributed by atoms with E-state index in [1.54, 1.807) is 7.11 Å². The fourth-order valence-corrected chi connectivity index (χ4v) is 4.47. The molecule has 0 radical (unpaired) electrons. The summed E-state index contributed by atoms with van der Waals surface area (Å²) in [6.45, 7) is 8.54. The molecule has 154 valence electrons. The van der Waals surface area contributed by atoms with E-state index >= 15 is 0 Å². The Morgan fingerprint density at radius 1 is 1.34 bits per heavy atom. The fraction of sp³-hybridized carbons (Fsp3) is 0.429. The molecule has 1 saturated heterocycles. The van der Waals surface area contributed by atoms with Crippen LogP contribution < -0.4 is 10.1 Å². The minimum Gasteiger partial charge on any atom is -0.497 e. The van der Waals surface area contributed by atoms with Crippen LogP contribution >= 0.6 is 11.3 Å². The number of fused-ring (bicyclic) bond motifs is 1. The number of amides is 1. The van der Waals surface area contributed by atoms with Gasteiger partial charge in [0.15, 0.2) is 10.9 Å². The molecule has 8 heteroatoms. The molecule has 1 aromatic carbocycles. The van der Waals surface area contributed by atoms with Gasteiger partial charge in [-0.15, -0.1) is 11.3 Å². The Morgan fingerprint density at radius 2 is 2.10 bits per heavy atom. The van der Waals surface area contributed by atoms with Crippen LogP contribution in [0.2, 0.25) is 0 Å². The Kier molecular flexibility index (Phi) is 5.58. The van der Waals surface area contributed by atoms with Gasteiger partial charge in [-0.2, -0.15) is 0 Å². The van der Waals surface area contributed by atoms with Gasteiger partial charge >= 0.3 is 0 Å². The van der Waals surface area contributed by atoms with Crippen molar-refractivity contribution in [1.29, 1.82) is 0 Å². The van der Waals surface area contributed by atoms with Crippen molar-refractivity contribution in [3.63, 3.8) is 0 Å². The van der Waals surface area contributed by atoms with Crippen molar-refractivity contribution >= 4 is 33.3 Å². The summed E-state index contributed by atoms with van der Waals surface area (Å²) in [6, 6.07) is 5.49. The maximum Gasteiger partial charge on any atom is 0.293 e. The first-order valence-corrected chi connectivity index (χ1v) is 10.5. The number of methoxy groups -OCH3 is 1. The Labute approximate surface area is 173 Å². The maximum absolute atomic E-state index is 12.7. The third-order valence-electron chi connectivity index (χ3n) is 5.00. The van der Waals surface area contributed by atoms with Gasteiger partial charge in [0.2, 0.25) is 0 Å². The first kappa shape index (κ1) is 19.9. The van der Waals surface area contributed by atoms with Crippen LogP contribution in [0.5, 0.6) is 5.75 Å². The van der Waals surface area contributed by atoms with E-state index in [9.17, 15) is 4.79 Å². The van der Waals surface area contributed by atoms with Gasteiger partial charge in [-0.25, -0.2) is 4.98 Å². The zero-order chi connectivity index (χ0) is 20.5. The molecule has 0 bridgehead atoms. The highest BCUT2D eigenvalue weighted by Crippen LogP contribution is 2.29. The second-order valence-electron chi connectivity index (χ2n) is 7.47. The molecule has 1 N–H and O–H groups in total. The number of aryl methyl sites for hydroxylation is 1. The van der Waals surface area contributed by atoms with Crippen LogP contribution in [0.15, 0.2) is 28.0 Å². The van der Waals surface area contributed by atoms with Crippen molar-refractivity contribution in [2.24, 2.45) is 0 Å². The first-order valence-electron chi connectivity index (χ1n) is 9.63. The predicted octanol–water partition coefficient (Wildman–Crippen LogP) is 4.07. The number of furan rings is 1. The van der Waals surface area contributed by atoms with Gasteiger partial charge < -0.3 is 13.9 Å². The Bertz CT molecular complexity index is 1020. The van der Waals surface area contributed by atoms with Crippen LogP contribution in [-0.4, -0.2) is 48.2 Å². The van der Waals surface area contributed by atoms with E-state index in [1.807, 2.05) is 30.5 Å². The van der Waals surface area contributed by atoms with Gasteiger partial charge in [0.25, 0.3) is 5.91 Å². The molecule has 1 aliphatic heterocycles. The standard InChI is InChI=1S/C21H25N3O4S/c1-12-8-24(9-13(2)27-12)10-15-11-29-21(22-15)23-20(25)19-14(3)17-7-16(26-4)5-6-18(17)28-19/h5-7,11-13H,8-10H2,1-4H3,(H,22,23,25). The number of aromatic nitrogens is 1. The average Bonchev–Trinajstić information content (AvgIpc) is 3.24. The van der Waals surface area contributed by atoms with Crippen LogP contribution in [0.1, 0.15) is 35.7 Å². The number of hydrogen-bond donors (Lipinski definition) is 1. The number of morpholine rings is 1. The van der Waals surface area contributed by atoms with Crippen molar-refractivity contribution in [3.05, 3.63) is 40.6 Å². The molecule has 0 saturated carbocycles. The molecule has 2 aromatic heterocycles. The van der Waals surface area contributed by atoms with Crippen LogP contribution in [0.3, 0.4) is 0 Å². The molecular formula is C21H25N3O4S. The number of carbonyl (C=O) groups is 1. The number of hydrogen-bond acceptors (Lipinski definition) is 7. The molecule has 4 rings (SSSR count). The number of benzene rings is 1. The molecule has 1 amide bonds. The molecule has 0 aliphatic carbocycles. The second-order valence-corrected chi connectivity index (χ2v) is 8.33. The van der Waals surface area contributed by atoms with Crippen molar-refractivity contribution in [2.75, 3.05) is 25.5 Å². The second kappa shape index (κ2) is 8.14. The number of thiazole rings is 1. The Morgan fingerprint density at radius 3 is 2.83 bits per heavy atom. The third kappa shape index (κ3) is 4.29. The number of anilines is 1. The van der Waals surface area contributed by atoms with Gasteiger partial charge in [0.1, 0.15) is 11.3 Å².